The summed E-state index contributed by atoms with van der Waals surface area (Å²) in [6.45, 7) is 3.37. The van der Waals surface area contributed by atoms with Gasteiger partial charge in [-0.2, -0.15) is 18.2 Å². The van der Waals surface area contributed by atoms with Crippen LogP contribution >= 0.6 is 11.6 Å². The van der Waals surface area contributed by atoms with Crippen LogP contribution in [-0.4, -0.2) is 28.2 Å². The number of alkyl halides is 3. The van der Waals surface area contributed by atoms with Crippen molar-refractivity contribution >= 4 is 29.1 Å². The molecule has 0 spiro atoms. The van der Waals surface area contributed by atoms with Gasteiger partial charge in [-0.3, -0.25) is 0 Å². The molecule has 3 N–H and O–H groups in total. The van der Waals surface area contributed by atoms with Crippen LogP contribution in [0.15, 0.2) is 18.2 Å². The molecule has 9 heteroatoms. The van der Waals surface area contributed by atoms with Gasteiger partial charge in [0.2, 0.25) is 5.95 Å². The maximum absolute atomic E-state index is 13.0. The van der Waals surface area contributed by atoms with Gasteiger partial charge in [-0.1, -0.05) is 11.6 Å². The van der Waals surface area contributed by atoms with Gasteiger partial charge < -0.3 is 15.7 Å². The van der Waals surface area contributed by atoms with E-state index >= 15 is 0 Å². The van der Waals surface area contributed by atoms with Crippen molar-refractivity contribution in [3.8, 4) is 0 Å². The Bertz CT molecular complexity index is 714. The van der Waals surface area contributed by atoms with Crippen molar-refractivity contribution in [3.05, 3.63) is 40.0 Å². The Hall–Kier alpha value is -2.06. The first-order valence-electron chi connectivity index (χ1n) is 7.05. The van der Waals surface area contributed by atoms with Crippen molar-refractivity contribution in [1.29, 1.82) is 0 Å². The smallest absolute Gasteiger partial charge is 0.395 e. The van der Waals surface area contributed by atoms with E-state index in [1.165, 1.54) is 0 Å². The van der Waals surface area contributed by atoms with E-state index in [0.717, 1.165) is 17.2 Å². The second-order valence-electron chi connectivity index (χ2n) is 5.15. The highest BCUT2D eigenvalue weighted by Gasteiger charge is 2.33. The van der Waals surface area contributed by atoms with Gasteiger partial charge in [0.1, 0.15) is 5.82 Å². The first-order chi connectivity index (χ1) is 11.2. The van der Waals surface area contributed by atoms with Crippen LogP contribution in [0.3, 0.4) is 0 Å². The van der Waals surface area contributed by atoms with Crippen LogP contribution in [0.4, 0.5) is 30.6 Å². The predicted molar refractivity (Wildman–Crippen MR) is 86.8 cm³/mol. The van der Waals surface area contributed by atoms with E-state index in [1.54, 1.807) is 26.0 Å². The van der Waals surface area contributed by atoms with Crippen molar-refractivity contribution in [2.24, 2.45) is 0 Å². The van der Waals surface area contributed by atoms with Crippen LogP contribution in [0, 0.1) is 13.8 Å². The summed E-state index contributed by atoms with van der Waals surface area (Å²) in [5, 5.41) is 14.8. The molecule has 0 aliphatic rings. The molecule has 130 valence electrons. The molecular formula is C15H16ClF3N4O. The Balaban J connectivity index is 2.42. The SMILES string of the molecule is Cc1cc(Cl)cc(C)c1Nc1cc(C(F)(F)F)nc(NCCO)n1. The third kappa shape index (κ3) is 4.48. The quantitative estimate of drug-likeness (QED) is 0.754. The Morgan fingerprint density at radius 1 is 1.12 bits per heavy atom. The summed E-state index contributed by atoms with van der Waals surface area (Å²) in [5.41, 5.74) is 1.10. The summed E-state index contributed by atoms with van der Waals surface area (Å²) in [6, 6.07) is 4.24. The standard InChI is InChI=1S/C15H16ClF3N4O/c1-8-5-10(16)6-9(2)13(8)22-12-7-11(15(17,18)19)21-14(23-12)20-3-4-24/h5-7,24H,3-4H2,1-2H3,(H2,20,21,22,23). The molecule has 2 rings (SSSR count). The van der Waals surface area contributed by atoms with Crippen molar-refractivity contribution in [3.63, 3.8) is 0 Å². The molecule has 0 unspecified atom stereocenters. The van der Waals surface area contributed by atoms with E-state index in [2.05, 4.69) is 20.6 Å². The van der Waals surface area contributed by atoms with Gasteiger partial charge in [0.15, 0.2) is 5.69 Å². The van der Waals surface area contributed by atoms with Gasteiger partial charge in [-0.05, 0) is 37.1 Å². The van der Waals surface area contributed by atoms with E-state index in [4.69, 9.17) is 16.7 Å². The lowest BCUT2D eigenvalue weighted by Crippen LogP contribution is -2.15. The summed E-state index contributed by atoms with van der Waals surface area (Å²) >= 11 is 5.96. The first-order valence-corrected chi connectivity index (χ1v) is 7.43. The van der Waals surface area contributed by atoms with Crippen molar-refractivity contribution < 1.29 is 18.3 Å². The number of rotatable bonds is 5. The monoisotopic (exact) mass is 360 g/mol. The highest BCUT2D eigenvalue weighted by molar-refractivity contribution is 6.30. The van der Waals surface area contributed by atoms with Crippen LogP contribution in [0.25, 0.3) is 0 Å². The van der Waals surface area contributed by atoms with E-state index in [1.807, 2.05) is 0 Å². The van der Waals surface area contributed by atoms with E-state index in [0.29, 0.717) is 10.7 Å². The molecule has 24 heavy (non-hydrogen) atoms. The molecule has 0 atom stereocenters. The minimum Gasteiger partial charge on any atom is -0.395 e. The van der Waals surface area contributed by atoms with Crippen LogP contribution in [0.2, 0.25) is 5.02 Å². The summed E-state index contributed by atoms with van der Waals surface area (Å²) in [5.74, 6) is -0.225. The second kappa shape index (κ2) is 7.23. The fourth-order valence-electron chi connectivity index (χ4n) is 2.14. The molecule has 0 fully saturated rings. The van der Waals surface area contributed by atoms with Gasteiger partial charge in [-0.25, -0.2) is 4.98 Å². The average Bonchev–Trinajstić information content (AvgIpc) is 2.47. The minimum atomic E-state index is -4.61. The first kappa shape index (κ1) is 18.3. The number of aromatic nitrogens is 2. The van der Waals surface area contributed by atoms with Gasteiger partial charge in [0.25, 0.3) is 0 Å². The average molecular weight is 361 g/mol. The van der Waals surface area contributed by atoms with Crippen LogP contribution < -0.4 is 10.6 Å². The van der Waals surface area contributed by atoms with Gasteiger partial charge in [-0.15, -0.1) is 0 Å². The molecule has 0 aliphatic heterocycles. The summed E-state index contributed by atoms with van der Waals surface area (Å²) < 4.78 is 39.0. The molecule has 0 amide bonds. The topological polar surface area (TPSA) is 70.1 Å². The second-order valence-corrected chi connectivity index (χ2v) is 5.59. The largest absolute Gasteiger partial charge is 0.433 e. The lowest BCUT2D eigenvalue weighted by atomic mass is 10.1. The van der Waals surface area contributed by atoms with Crippen molar-refractivity contribution in [1.82, 2.24) is 9.97 Å². The Kier molecular flexibility index (Phi) is 5.51. The number of aliphatic hydroxyl groups excluding tert-OH is 1. The molecular weight excluding hydrogens is 345 g/mol. The molecule has 5 nitrogen and oxygen atoms in total. The molecule has 2 aromatic rings. The summed E-state index contributed by atoms with van der Waals surface area (Å²) in [7, 11) is 0. The summed E-state index contributed by atoms with van der Waals surface area (Å²) in [6.07, 6.45) is -4.61. The number of anilines is 3. The third-order valence-electron chi connectivity index (χ3n) is 3.16. The normalized spacial score (nSPS) is 11.5. The number of nitrogens with one attached hydrogen (secondary N) is 2. The molecule has 0 saturated heterocycles. The molecule has 1 heterocycles. The molecule has 1 aromatic heterocycles. The number of benzene rings is 1. The number of aryl methyl sites for hydroxylation is 2. The predicted octanol–water partition coefficient (Wildman–Crippen LogP) is 3.91. The Morgan fingerprint density at radius 2 is 1.75 bits per heavy atom. The lowest BCUT2D eigenvalue weighted by molar-refractivity contribution is -0.141. The highest BCUT2D eigenvalue weighted by Crippen LogP contribution is 2.32. The van der Waals surface area contributed by atoms with Gasteiger partial charge >= 0.3 is 6.18 Å². The van der Waals surface area contributed by atoms with Gasteiger partial charge in [0.05, 0.1) is 6.61 Å². The van der Waals surface area contributed by atoms with Crippen LogP contribution in [-0.2, 0) is 6.18 Å². The number of hydrogen-bond acceptors (Lipinski definition) is 5. The zero-order chi connectivity index (χ0) is 17.9. The van der Waals surface area contributed by atoms with E-state index in [-0.39, 0.29) is 24.9 Å². The molecule has 0 saturated carbocycles. The molecule has 0 aliphatic carbocycles. The zero-order valence-corrected chi connectivity index (χ0v) is 13.8. The molecule has 1 aromatic carbocycles. The Labute approximate surface area is 141 Å². The minimum absolute atomic E-state index is 0.00807. The fourth-order valence-corrected chi connectivity index (χ4v) is 2.47. The number of nitrogens with zero attached hydrogens (tertiary/aromatic N) is 2. The molecule has 0 radical (unpaired) electrons. The maximum Gasteiger partial charge on any atom is 0.433 e. The number of aliphatic hydroxyl groups is 1. The number of halogens is 4. The maximum atomic E-state index is 13.0. The third-order valence-corrected chi connectivity index (χ3v) is 3.38. The van der Waals surface area contributed by atoms with Crippen LogP contribution in [0.5, 0.6) is 0 Å². The van der Waals surface area contributed by atoms with Crippen molar-refractivity contribution in [2.45, 2.75) is 20.0 Å². The Morgan fingerprint density at radius 3 is 2.29 bits per heavy atom. The van der Waals surface area contributed by atoms with Crippen molar-refractivity contribution in [2.75, 3.05) is 23.8 Å². The van der Waals surface area contributed by atoms with Gasteiger partial charge in [0, 0.05) is 23.3 Å². The van der Waals surface area contributed by atoms with Crippen LogP contribution in [0.1, 0.15) is 16.8 Å². The zero-order valence-electron chi connectivity index (χ0n) is 13.0. The fraction of sp³-hybridized carbons (Fsp3) is 0.333. The summed E-state index contributed by atoms with van der Waals surface area (Å²) in [4.78, 5) is 7.43. The van der Waals surface area contributed by atoms with E-state index < -0.39 is 11.9 Å². The number of hydrogen-bond donors (Lipinski definition) is 3. The van der Waals surface area contributed by atoms with E-state index in [9.17, 15) is 13.2 Å². The highest BCUT2D eigenvalue weighted by atomic mass is 35.5. The molecule has 0 bridgehead atoms. The lowest BCUT2D eigenvalue weighted by Gasteiger charge is -2.15.